The van der Waals surface area contributed by atoms with E-state index in [1.807, 2.05) is 24.3 Å². The Hall–Kier alpha value is -3.93. The van der Waals surface area contributed by atoms with Crippen molar-refractivity contribution in [3.63, 3.8) is 0 Å². The standard InChI is InChI=1S/C23H29N5O7/c1-12(24)20(31)26-16(10-19(29)30)21(32)27-17(22(33)28-8-4-7-18(28)23(34)35)9-13-11-25-15-6-3-2-5-14(13)15/h2-3,5-6,11-12,16-18,25H,4,7-10,24H2,1H3,(H,26,31)(H,27,32)(H,29,30)(H,34,35). The Labute approximate surface area is 200 Å². The number of aromatic nitrogens is 1. The molecule has 0 aliphatic carbocycles. The molecule has 1 aromatic carbocycles. The van der Waals surface area contributed by atoms with Gasteiger partial charge in [0.25, 0.3) is 0 Å². The first-order valence-electron chi connectivity index (χ1n) is 11.2. The first-order valence-corrected chi connectivity index (χ1v) is 11.2. The van der Waals surface area contributed by atoms with E-state index in [0.717, 1.165) is 10.9 Å². The van der Waals surface area contributed by atoms with Gasteiger partial charge >= 0.3 is 11.9 Å². The van der Waals surface area contributed by atoms with Crippen LogP contribution in [0.2, 0.25) is 0 Å². The zero-order valence-corrected chi connectivity index (χ0v) is 19.2. The maximum atomic E-state index is 13.4. The average molecular weight is 488 g/mol. The van der Waals surface area contributed by atoms with E-state index >= 15 is 0 Å². The number of carbonyl (C=O) groups is 5. The summed E-state index contributed by atoms with van der Waals surface area (Å²) in [6.45, 7) is 1.60. The van der Waals surface area contributed by atoms with E-state index in [-0.39, 0.29) is 13.0 Å². The van der Waals surface area contributed by atoms with Crippen molar-refractivity contribution in [1.29, 1.82) is 0 Å². The molecule has 35 heavy (non-hydrogen) atoms. The summed E-state index contributed by atoms with van der Waals surface area (Å²) in [6.07, 6.45) is 1.80. The number of H-pyrrole nitrogens is 1. The zero-order valence-electron chi connectivity index (χ0n) is 19.2. The van der Waals surface area contributed by atoms with E-state index in [0.29, 0.717) is 18.4 Å². The Morgan fingerprint density at radius 3 is 2.46 bits per heavy atom. The van der Waals surface area contributed by atoms with Crippen LogP contribution in [0.3, 0.4) is 0 Å². The number of carboxylic acid groups (broad SMARTS) is 2. The summed E-state index contributed by atoms with van der Waals surface area (Å²) < 4.78 is 0. The van der Waals surface area contributed by atoms with Crippen molar-refractivity contribution in [3.05, 3.63) is 36.0 Å². The van der Waals surface area contributed by atoms with Gasteiger partial charge in [0.1, 0.15) is 18.1 Å². The molecule has 3 amide bonds. The van der Waals surface area contributed by atoms with Crippen LogP contribution in [0.25, 0.3) is 10.9 Å². The van der Waals surface area contributed by atoms with Crippen LogP contribution in [0, 0.1) is 0 Å². The van der Waals surface area contributed by atoms with Crippen molar-refractivity contribution in [2.75, 3.05) is 6.54 Å². The second-order valence-electron chi connectivity index (χ2n) is 8.60. The van der Waals surface area contributed by atoms with Crippen LogP contribution in [-0.4, -0.2) is 80.5 Å². The van der Waals surface area contributed by atoms with Crippen LogP contribution in [0.15, 0.2) is 30.5 Å². The molecule has 0 radical (unpaired) electrons. The molecule has 1 aliphatic rings. The summed E-state index contributed by atoms with van der Waals surface area (Å²) >= 11 is 0. The molecular weight excluding hydrogens is 458 g/mol. The first kappa shape index (κ1) is 25.7. The molecule has 1 fully saturated rings. The Morgan fingerprint density at radius 1 is 1.11 bits per heavy atom. The number of rotatable bonds is 10. The highest BCUT2D eigenvalue weighted by Gasteiger charge is 2.39. The fraction of sp³-hybridized carbons (Fsp3) is 0.435. The van der Waals surface area contributed by atoms with E-state index in [2.05, 4.69) is 15.6 Å². The lowest BCUT2D eigenvalue weighted by Crippen LogP contribution is -2.57. The molecule has 4 unspecified atom stereocenters. The summed E-state index contributed by atoms with van der Waals surface area (Å²) in [5, 5.41) is 24.4. The zero-order chi connectivity index (χ0) is 25.7. The maximum Gasteiger partial charge on any atom is 0.326 e. The number of hydrogen-bond donors (Lipinski definition) is 6. The molecule has 2 heterocycles. The quantitative estimate of drug-likeness (QED) is 0.260. The van der Waals surface area contributed by atoms with Crippen molar-refractivity contribution in [2.24, 2.45) is 5.73 Å². The number of amides is 3. The Bertz CT molecular complexity index is 1130. The average Bonchev–Trinajstić information content (AvgIpc) is 3.45. The van der Waals surface area contributed by atoms with E-state index in [9.17, 15) is 34.2 Å². The van der Waals surface area contributed by atoms with Gasteiger partial charge in [-0.1, -0.05) is 18.2 Å². The lowest BCUT2D eigenvalue weighted by Gasteiger charge is -2.28. The van der Waals surface area contributed by atoms with E-state index in [1.54, 1.807) is 6.20 Å². The predicted octanol–water partition coefficient (Wildman–Crippen LogP) is -0.422. The van der Waals surface area contributed by atoms with Gasteiger partial charge in [-0.2, -0.15) is 0 Å². The molecular formula is C23H29N5O7. The van der Waals surface area contributed by atoms with Gasteiger partial charge in [0.15, 0.2) is 0 Å². The second-order valence-corrected chi connectivity index (χ2v) is 8.60. The summed E-state index contributed by atoms with van der Waals surface area (Å²) in [6, 6.07) is 2.69. The van der Waals surface area contributed by atoms with E-state index in [4.69, 9.17) is 5.73 Å². The van der Waals surface area contributed by atoms with Gasteiger partial charge in [0.2, 0.25) is 17.7 Å². The molecule has 12 heteroatoms. The van der Waals surface area contributed by atoms with Crippen LogP contribution in [0.5, 0.6) is 0 Å². The summed E-state index contributed by atoms with van der Waals surface area (Å²) in [7, 11) is 0. The number of aromatic amines is 1. The lowest BCUT2D eigenvalue weighted by molar-refractivity contribution is -0.149. The highest BCUT2D eigenvalue weighted by Crippen LogP contribution is 2.23. The van der Waals surface area contributed by atoms with Crippen molar-refractivity contribution in [1.82, 2.24) is 20.5 Å². The molecule has 7 N–H and O–H groups in total. The number of hydrogen-bond acceptors (Lipinski definition) is 6. The number of nitrogens with two attached hydrogens (primary N) is 1. The minimum atomic E-state index is -1.47. The van der Waals surface area contributed by atoms with Crippen LogP contribution in [0.4, 0.5) is 0 Å². The van der Waals surface area contributed by atoms with Crippen molar-refractivity contribution in [3.8, 4) is 0 Å². The highest BCUT2D eigenvalue weighted by atomic mass is 16.4. The number of likely N-dealkylation sites (tertiary alicyclic amines) is 1. The van der Waals surface area contributed by atoms with Gasteiger partial charge in [0, 0.05) is 30.1 Å². The minimum absolute atomic E-state index is 0.0262. The van der Waals surface area contributed by atoms with Crippen molar-refractivity contribution < 1.29 is 34.2 Å². The van der Waals surface area contributed by atoms with Crippen LogP contribution >= 0.6 is 0 Å². The Kier molecular flexibility index (Phi) is 8.07. The van der Waals surface area contributed by atoms with Crippen molar-refractivity contribution in [2.45, 2.75) is 56.8 Å². The number of carbonyl (C=O) groups excluding carboxylic acids is 3. The first-order chi connectivity index (χ1) is 16.6. The van der Waals surface area contributed by atoms with Crippen molar-refractivity contribution >= 4 is 40.6 Å². The third-order valence-electron chi connectivity index (χ3n) is 5.96. The number of aliphatic carboxylic acids is 2. The third kappa shape index (κ3) is 6.15. The molecule has 1 aliphatic heterocycles. The highest BCUT2D eigenvalue weighted by molar-refractivity contribution is 5.96. The molecule has 12 nitrogen and oxygen atoms in total. The molecule has 1 aromatic heterocycles. The van der Waals surface area contributed by atoms with Gasteiger partial charge in [-0.25, -0.2) is 4.79 Å². The number of carboxylic acids is 2. The fourth-order valence-electron chi connectivity index (χ4n) is 4.17. The minimum Gasteiger partial charge on any atom is -0.481 e. The van der Waals surface area contributed by atoms with Gasteiger partial charge in [-0.15, -0.1) is 0 Å². The van der Waals surface area contributed by atoms with Crippen LogP contribution in [0.1, 0.15) is 31.7 Å². The Balaban J connectivity index is 1.89. The molecule has 188 valence electrons. The predicted molar refractivity (Wildman–Crippen MR) is 124 cm³/mol. The largest absolute Gasteiger partial charge is 0.481 e. The van der Waals surface area contributed by atoms with E-state index in [1.165, 1.54) is 11.8 Å². The smallest absolute Gasteiger partial charge is 0.326 e. The van der Waals surface area contributed by atoms with E-state index < -0.39 is 60.2 Å². The number of nitrogens with zero attached hydrogens (tertiary/aromatic N) is 1. The molecule has 0 spiro atoms. The summed E-state index contributed by atoms with van der Waals surface area (Å²) in [4.78, 5) is 65.8. The normalized spacial score (nSPS) is 18.0. The topological polar surface area (TPSA) is 195 Å². The maximum absolute atomic E-state index is 13.4. The molecule has 4 atom stereocenters. The SMILES string of the molecule is CC(N)C(=O)NC(CC(=O)O)C(=O)NC(Cc1c[nH]c2ccccc12)C(=O)N1CCCC1C(=O)O. The molecule has 0 saturated carbocycles. The molecule has 3 rings (SSSR count). The molecule has 2 aromatic rings. The third-order valence-corrected chi connectivity index (χ3v) is 5.96. The fourth-order valence-corrected chi connectivity index (χ4v) is 4.17. The van der Waals surface area contributed by atoms with Crippen LogP contribution in [-0.2, 0) is 30.4 Å². The molecule has 1 saturated heterocycles. The number of nitrogens with one attached hydrogen (secondary N) is 3. The van der Waals surface area contributed by atoms with Gasteiger partial charge < -0.3 is 36.5 Å². The molecule has 0 bridgehead atoms. The summed E-state index contributed by atoms with van der Waals surface area (Å²) in [5.74, 6) is -4.68. The van der Waals surface area contributed by atoms with Gasteiger partial charge in [0.05, 0.1) is 12.5 Å². The number of benzene rings is 1. The summed E-state index contributed by atoms with van der Waals surface area (Å²) in [5.41, 5.74) is 7.05. The second kappa shape index (κ2) is 11.0. The number of para-hydroxylation sites is 1. The monoisotopic (exact) mass is 487 g/mol. The Morgan fingerprint density at radius 2 is 1.80 bits per heavy atom. The van der Waals surface area contributed by atoms with Crippen LogP contribution < -0.4 is 16.4 Å². The lowest BCUT2D eigenvalue weighted by atomic mass is 10.0. The van der Waals surface area contributed by atoms with Gasteiger partial charge in [-0.05, 0) is 31.4 Å². The number of fused-ring (bicyclic) bond motifs is 1. The van der Waals surface area contributed by atoms with Gasteiger partial charge in [-0.3, -0.25) is 19.2 Å².